The van der Waals surface area contributed by atoms with E-state index in [1.165, 1.54) is 27.7 Å². The van der Waals surface area contributed by atoms with Gasteiger partial charge in [0.25, 0.3) is 5.91 Å². The summed E-state index contributed by atoms with van der Waals surface area (Å²) in [5.41, 5.74) is 6.93. The molecule has 4 aromatic rings. The van der Waals surface area contributed by atoms with E-state index in [4.69, 9.17) is 4.98 Å². The monoisotopic (exact) mass is 581 g/mol. The molecule has 9 heteroatoms. The number of benzene rings is 2. The number of amides is 3. The molecule has 1 saturated heterocycles. The lowest BCUT2D eigenvalue weighted by Crippen LogP contribution is -2.33. The number of likely N-dealkylation sites (tertiary alicyclic amines) is 1. The van der Waals surface area contributed by atoms with Crippen LogP contribution in [0.2, 0.25) is 0 Å². The zero-order chi connectivity index (χ0) is 30.1. The number of halogens is 1. The van der Waals surface area contributed by atoms with E-state index in [0.717, 1.165) is 24.8 Å². The quantitative estimate of drug-likeness (QED) is 0.237. The number of nitrogens with one attached hydrogen (secondary N) is 2. The molecule has 1 aliphatic carbocycles. The Bertz CT molecular complexity index is 1720. The molecule has 3 N–H and O–H groups in total. The van der Waals surface area contributed by atoms with Gasteiger partial charge in [0, 0.05) is 43.3 Å². The SMILES string of the molecule is C/C=C(/C)c1ccccc1CCNC(=O)c1cc(C2CC2)c2nc(-c3ccc(NC(=O)N4CC[C@H](O)C4)cc3F)cn2c1. The van der Waals surface area contributed by atoms with E-state index < -0.39 is 11.9 Å². The lowest BCUT2D eigenvalue weighted by Gasteiger charge is -2.16. The smallest absolute Gasteiger partial charge is 0.321 e. The number of allylic oxidation sites excluding steroid dienone is 2. The number of aliphatic hydroxyl groups excluding tert-OH is 1. The molecule has 3 heterocycles. The van der Waals surface area contributed by atoms with Crippen molar-refractivity contribution in [2.75, 3.05) is 25.0 Å². The van der Waals surface area contributed by atoms with Crippen molar-refractivity contribution in [3.63, 3.8) is 0 Å². The molecule has 2 fully saturated rings. The van der Waals surface area contributed by atoms with Gasteiger partial charge in [0.2, 0.25) is 0 Å². The maximum Gasteiger partial charge on any atom is 0.321 e. The van der Waals surface area contributed by atoms with E-state index in [1.54, 1.807) is 24.5 Å². The molecule has 0 unspecified atom stereocenters. The highest BCUT2D eigenvalue weighted by molar-refractivity contribution is 5.95. The summed E-state index contributed by atoms with van der Waals surface area (Å²) in [6.45, 7) is 5.34. The predicted molar refractivity (Wildman–Crippen MR) is 166 cm³/mol. The van der Waals surface area contributed by atoms with Crippen LogP contribution in [0.15, 0.2) is 67.0 Å². The number of carbonyl (C=O) groups excluding carboxylic acids is 2. The first-order chi connectivity index (χ1) is 20.8. The summed E-state index contributed by atoms with van der Waals surface area (Å²) >= 11 is 0. The van der Waals surface area contributed by atoms with Gasteiger partial charge in [-0.25, -0.2) is 14.2 Å². The number of imidazole rings is 1. The number of carbonyl (C=O) groups is 2. The van der Waals surface area contributed by atoms with Crippen molar-refractivity contribution in [1.29, 1.82) is 0 Å². The standard InChI is InChI=1S/C34H36FN5O3/c1-3-21(2)27-7-5-4-6-22(27)12-14-36-33(42)24-16-29(23-8-9-23)32-38-31(20-40(32)18-24)28-11-10-25(17-30(28)35)37-34(43)39-15-13-26(41)19-39/h3-7,10-11,16-18,20,23,26,41H,8-9,12-15,19H2,1-2H3,(H,36,42)(H,37,43)/b21-3-/t26-/m0/s1. The van der Waals surface area contributed by atoms with Gasteiger partial charge in [0.1, 0.15) is 11.5 Å². The van der Waals surface area contributed by atoms with Crippen LogP contribution in [0.3, 0.4) is 0 Å². The molecule has 222 valence electrons. The molecule has 2 aliphatic rings. The van der Waals surface area contributed by atoms with Crippen molar-refractivity contribution in [2.24, 2.45) is 0 Å². The maximum absolute atomic E-state index is 15.3. The average molecular weight is 582 g/mol. The molecule has 0 bridgehead atoms. The van der Waals surface area contributed by atoms with E-state index in [2.05, 4.69) is 35.8 Å². The number of aromatic nitrogens is 2. The van der Waals surface area contributed by atoms with Crippen LogP contribution >= 0.6 is 0 Å². The van der Waals surface area contributed by atoms with Gasteiger partial charge in [0.15, 0.2) is 0 Å². The molecule has 2 aromatic carbocycles. The first-order valence-electron chi connectivity index (χ1n) is 14.9. The number of anilines is 1. The molecule has 3 amide bonds. The van der Waals surface area contributed by atoms with E-state index >= 15 is 4.39 Å². The van der Waals surface area contributed by atoms with E-state index in [1.807, 2.05) is 29.5 Å². The number of fused-ring (bicyclic) bond motifs is 1. The zero-order valence-electron chi connectivity index (χ0n) is 24.4. The Balaban J connectivity index is 1.19. The van der Waals surface area contributed by atoms with Gasteiger partial charge in [-0.05, 0) is 92.0 Å². The fourth-order valence-electron chi connectivity index (χ4n) is 5.69. The third-order valence-electron chi connectivity index (χ3n) is 8.36. The predicted octanol–water partition coefficient (Wildman–Crippen LogP) is 6.01. The van der Waals surface area contributed by atoms with Gasteiger partial charge in [-0.1, -0.05) is 30.3 Å². The number of hydrogen-bond donors (Lipinski definition) is 3. The number of hydrogen-bond acceptors (Lipinski definition) is 4. The average Bonchev–Trinajstić information content (AvgIpc) is 3.61. The summed E-state index contributed by atoms with van der Waals surface area (Å²) in [6, 6.07) is 14.3. The topological polar surface area (TPSA) is 99.0 Å². The number of nitrogens with zero attached hydrogens (tertiary/aromatic N) is 3. The highest BCUT2D eigenvalue weighted by atomic mass is 19.1. The van der Waals surface area contributed by atoms with E-state index in [9.17, 15) is 14.7 Å². The normalized spacial score (nSPS) is 17.0. The van der Waals surface area contributed by atoms with Crippen LogP contribution in [-0.4, -0.2) is 57.1 Å². The van der Waals surface area contributed by atoms with Gasteiger partial charge >= 0.3 is 6.03 Å². The Labute approximate surface area is 250 Å². The minimum absolute atomic E-state index is 0.156. The van der Waals surface area contributed by atoms with Gasteiger partial charge in [-0.15, -0.1) is 0 Å². The Morgan fingerprint density at radius 3 is 2.65 bits per heavy atom. The highest BCUT2D eigenvalue weighted by Crippen LogP contribution is 2.42. The van der Waals surface area contributed by atoms with Crippen molar-refractivity contribution in [2.45, 2.75) is 51.6 Å². The van der Waals surface area contributed by atoms with Crippen LogP contribution in [-0.2, 0) is 6.42 Å². The molecule has 0 spiro atoms. The Hall–Kier alpha value is -4.50. The van der Waals surface area contributed by atoms with Crippen molar-refractivity contribution < 1.29 is 19.1 Å². The third-order valence-corrected chi connectivity index (χ3v) is 8.36. The highest BCUT2D eigenvalue weighted by Gasteiger charge is 2.29. The summed E-state index contributed by atoms with van der Waals surface area (Å²) in [4.78, 5) is 32.0. The van der Waals surface area contributed by atoms with Crippen LogP contribution in [0, 0.1) is 5.82 Å². The molecular formula is C34H36FN5O3. The second kappa shape index (κ2) is 12.0. The summed E-state index contributed by atoms with van der Waals surface area (Å²) < 4.78 is 17.1. The lowest BCUT2D eigenvalue weighted by molar-refractivity contribution is 0.0953. The fraction of sp³-hybridized carbons (Fsp3) is 0.324. The third kappa shape index (κ3) is 6.17. The minimum Gasteiger partial charge on any atom is -0.391 e. The van der Waals surface area contributed by atoms with Gasteiger partial charge < -0.3 is 25.0 Å². The first-order valence-corrected chi connectivity index (χ1v) is 14.9. The van der Waals surface area contributed by atoms with Crippen LogP contribution in [0.4, 0.5) is 14.9 Å². The van der Waals surface area contributed by atoms with Crippen LogP contribution in [0.1, 0.15) is 66.1 Å². The maximum atomic E-state index is 15.3. The summed E-state index contributed by atoms with van der Waals surface area (Å²) in [6.07, 6.45) is 8.37. The largest absolute Gasteiger partial charge is 0.391 e. The van der Waals surface area contributed by atoms with Crippen molar-refractivity contribution in [3.8, 4) is 11.3 Å². The molecule has 43 heavy (non-hydrogen) atoms. The first kappa shape index (κ1) is 28.6. The summed E-state index contributed by atoms with van der Waals surface area (Å²) in [7, 11) is 0. The molecule has 0 radical (unpaired) electrons. The number of urea groups is 1. The summed E-state index contributed by atoms with van der Waals surface area (Å²) in [5.74, 6) is -0.342. The number of rotatable bonds is 8. The second-order valence-electron chi connectivity index (χ2n) is 11.5. The molecule has 1 saturated carbocycles. The van der Waals surface area contributed by atoms with Crippen LogP contribution in [0.25, 0.3) is 22.5 Å². The molecule has 1 atom stereocenters. The molecule has 2 aromatic heterocycles. The summed E-state index contributed by atoms with van der Waals surface area (Å²) in [5, 5.41) is 15.5. The lowest BCUT2D eigenvalue weighted by atomic mass is 9.98. The fourth-order valence-corrected chi connectivity index (χ4v) is 5.69. The number of β-amino-alcohol motifs (C(OH)–C–C–N with tert-alkyl or cyclic N) is 1. The molecule has 6 rings (SSSR count). The van der Waals surface area contributed by atoms with Crippen molar-refractivity contribution in [1.82, 2.24) is 19.6 Å². The van der Waals surface area contributed by atoms with Crippen LogP contribution < -0.4 is 10.6 Å². The molecular weight excluding hydrogens is 545 g/mol. The number of pyridine rings is 1. The van der Waals surface area contributed by atoms with E-state index in [-0.39, 0.29) is 18.5 Å². The Kier molecular flexibility index (Phi) is 7.99. The van der Waals surface area contributed by atoms with E-state index in [0.29, 0.717) is 53.6 Å². The Morgan fingerprint density at radius 1 is 1.12 bits per heavy atom. The minimum atomic E-state index is -0.526. The number of aliphatic hydroxyl groups is 1. The van der Waals surface area contributed by atoms with Gasteiger partial charge in [-0.2, -0.15) is 0 Å². The Morgan fingerprint density at radius 2 is 1.93 bits per heavy atom. The second-order valence-corrected chi connectivity index (χ2v) is 11.5. The van der Waals surface area contributed by atoms with Gasteiger partial charge in [-0.3, -0.25) is 4.79 Å². The van der Waals surface area contributed by atoms with Gasteiger partial charge in [0.05, 0.1) is 17.4 Å². The zero-order valence-corrected chi connectivity index (χ0v) is 24.4. The van der Waals surface area contributed by atoms with Crippen LogP contribution in [0.5, 0.6) is 0 Å². The molecule has 1 aliphatic heterocycles. The molecule has 8 nitrogen and oxygen atoms in total. The van der Waals surface area contributed by atoms with Crippen molar-refractivity contribution >= 4 is 28.8 Å². The van der Waals surface area contributed by atoms with Crippen molar-refractivity contribution in [3.05, 3.63) is 95.1 Å².